The minimum absolute atomic E-state index is 0.0150. The number of nitrogens with two attached hydrogens (primary N) is 2. The molecule has 12 unspecified atom stereocenters. The fourth-order valence-corrected chi connectivity index (χ4v) is 15.1. The molecule has 0 spiro atoms. The van der Waals surface area contributed by atoms with Crippen LogP contribution in [0.5, 0.6) is 0 Å². The van der Waals surface area contributed by atoms with Crippen molar-refractivity contribution in [3.05, 3.63) is 148 Å². The Hall–Kier alpha value is -11.2. The van der Waals surface area contributed by atoms with E-state index in [-0.39, 0.29) is 78.1 Å². The Morgan fingerprint density at radius 2 is 1.01 bits per heavy atom. The van der Waals surface area contributed by atoms with E-state index in [4.69, 9.17) is 47.2 Å². The number of pyridine rings is 1. The van der Waals surface area contributed by atoms with Gasteiger partial charge in [-0.05, 0) is 122 Å². The first-order chi connectivity index (χ1) is 63.4. The summed E-state index contributed by atoms with van der Waals surface area (Å²) in [6.45, 7) is -3.46. The molecule has 15 atom stereocenters. The van der Waals surface area contributed by atoms with E-state index in [0.717, 1.165) is 4.90 Å². The van der Waals surface area contributed by atoms with Gasteiger partial charge in [0.2, 0.25) is 29.5 Å². The van der Waals surface area contributed by atoms with E-state index in [9.17, 15) is 124 Å². The van der Waals surface area contributed by atoms with E-state index in [1.54, 1.807) is 81.1 Å². The number of carboxylic acid groups (broad SMARTS) is 2. The normalized spacial score (nSPS) is 17.3. The van der Waals surface area contributed by atoms with Crippen molar-refractivity contribution >= 4 is 112 Å². The Bertz CT molecular complexity index is 4500. The number of amides is 10. The number of anilines is 1. The average molecular weight is 2000 g/mol. The van der Waals surface area contributed by atoms with Crippen LogP contribution in [0.2, 0.25) is 0 Å². The number of aliphatic imine (C=N–C) groups is 1. The summed E-state index contributed by atoms with van der Waals surface area (Å²) in [6.07, 6.45) is -18.9. The fraction of sp³-hybridized carbons (Fsp3) is 0.494. The summed E-state index contributed by atoms with van der Waals surface area (Å²) in [7, 11) is -0.623. The number of likely N-dealkylation sites (N-methyl/N-ethyl adjacent to an activating group) is 1. The van der Waals surface area contributed by atoms with Crippen LogP contribution in [-0.4, -0.2) is 378 Å². The van der Waals surface area contributed by atoms with Gasteiger partial charge in [0, 0.05) is 94.0 Å². The first-order valence-electron chi connectivity index (χ1n) is 41.6. The largest absolute Gasteiger partial charge is 0.642 e. The number of hydrogen-bond donors (Lipinski definition) is 31. The van der Waals surface area contributed by atoms with Crippen molar-refractivity contribution in [2.24, 2.45) is 27.5 Å². The Balaban J connectivity index is 0.000000498. The molecule has 0 saturated carbocycles. The molecule has 0 fully saturated rings. The smallest absolute Gasteiger partial charge is 0.305 e. The second kappa shape index (κ2) is 58.8. The van der Waals surface area contributed by atoms with Gasteiger partial charge in [0.25, 0.3) is 29.6 Å². The predicted molar refractivity (Wildman–Crippen MR) is 473 cm³/mol. The molecule has 33 N–H and O–H groups in total. The van der Waals surface area contributed by atoms with Gasteiger partial charge < -0.3 is 166 Å². The van der Waals surface area contributed by atoms with Crippen molar-refractivity contribution in [3.8, 4) is 0 Å². The molecule has 6 rings (SSSR count). The number of aliphatic hydroxyl groups excluding tert-OH is 18. The standard InChI is InChI=1S/C39H54N3O18P.C38H52N13O9.C6H12NO5.Tc/c43-16-28(49)34(55)31(52)25(46)13-40-37(58)19-1-7-22(8-2-19)61(23-9-3-20(4-10-23)38(59)41-14-26(47)32(53)35(56)29(50)17-44)24-11-5-21(6-12-24)39(60)42-15-27(48)33(54)36(57)30(51)18-45;1-21(2)32-37(60)51(3)27(8-7-13-43-38(39)40)36(59)46-20-30(53)48-26(17-31(54)55)35(58)45-18-22-14-24(34(57)49-32)16-25(15-22)47-29(52)9-5-4-6-12-42-33(56)23-10-11-28(50-41)44-19-23;8-2-6(3-9,4-10)7-1-5(11)12;/h1-12,25-36,43-57H,13-18H2,(H,40,58)(H,41,59)(H,42,60);10-11,14-16,19,21,26-27,32H,4-9,12-13,17-18,20H2,1-3H3,(H,42,56)(H,45,58)(H,46,59)(H,47,52)(H,48,53)(H,49,57)(H,54,55)(H4,39,40,43);8-10H,1-4H2,(H,11,12);/q;2*-1;+2/p+1/t;26-,27-,32+;;/m.0../s1. The van der Waals surface area contributed by atoms with Gasteiger partial charge in [0.1, 0.15) is 89.0 Å². The minimum Gasteiger partial charge on any atom is -0.642 e. The number of carboxylic acids is 2. The molecule has 2 heterocycles. The monoisotopic (exact) mass is 1990 g/mol. The average Bonchev–Trinajstić information content (AvgIpc) is 0.797. The van der Waals surface area contributed by atoms with Gasteiger partial charge in [0.05, 0.1) is 59.0 Å². The van der Waals surface area contributed by atoms with Crippen LogP contribution in [-0.2, 0) is 58.8 Å². The van der Waals surface area contributed by atoms with Gasteiger partial charge in [-0.25, -0.2) is 0 Å². The second-order valence-corrected chi connectivity index (χ2v) is 33.8. The van der Waals surface area contributed by atoms with Crippen LogP contribution in [0.1, 0.15) is 116 Å². The molecule has 0 saturated heterocycles. The predicted octanol–water partition coefficient (Wildman–Crippen LogP) is -10.9. The zero-order valence-corrected chi connectivity index (χ0v) is 75.9. The summed E-state index contributed by atoms with van der Waals surface area (Å²) in [5.41, 5.74) is 10.7. The van der Waals surface area contributed by atoms with Crippen LogP contribution in [0.3, 0.4) is 0 Å². The van der Waals surface area contributed by atoms with Crippen LogP contribution in [0.15, 0.2) is 119 Å². The maximum atomic E-state index is 14.0. The van der Waals surface area contributed by atoms with Gasteiger partial charge in [-0.2, -0.15) is 0 Å². The van der Waals surface area contributed by atoms with E-state index in [1.807, 2.05) is 0 Å². The molecule has 10 amide bonds. The molecular weight excluding hydrogens is 1880 g/mol. The Morgan fingerprint density at radius 3 is 1.43 bits per heavy atom. The number of nitrogens with zero attached hydrogens (tertiary/aromatic N) is 6. The number of rotatable bonds is 46. The molecule has 51 heteroatoms. The second-order valence-electron chi connectivity index (χ2n) is 30.9. The van der Waals surface area contributed by atoms with Gasteiger partial charge in [-0.3, -0.25) is 57.7 Å². The van der Waals surface area contributed by atoms with Crippen molar-refractivity contribution in [2.75, 3.05) is 97.8 Å². The molecule has 1 aliphatic rings. The number of benzene rings is 4. The zero-order valence-electron chi connectivity index (χ0n) is 73.0. The molecule has 49 nitrogen and oxygen atoms in total. The van der Waals surface area contributed by atoms with Crippen molar-refractivity contribution in [1.29, 1.82) is 0 Å². The third-order valence-corrected chi connectivity index (χ3v) is 23.3. The van der Waals surface area contributed by atoms with Crippen LogP contribution < -0.4 is 78.6 Å². The van der Waals surface area contributed by atoms with Crippen LogP contribution in [0, 0.1) is 5.92 Å². The summed E-state index contributed by atoms with van der Waals surface area (Å²) < 4.78 is 3.61. The van der Waals surface area contributed by atoms with Crippen molar-refractivity contribution in [2.45, 2.75) is 162 Å². The van der Waals surface area contributed by atoms with E-state index in [1.165, 1.54) is 67.8 Å². The molecule has 5 aromatic rings. The van der Waals surface area contributed by atoms with E-state index < -0.39 is 249 Å². The molecule has 739 valence electrons. The Morgan fingerprint density at radius 1 is 0.567 bits per heavy atom. The molecular formula is C83H119N17O32PTc+. The van der Waals surface area contributed by atoms with Crippen molar-refractivity contribution in [1.82, 2.24) is 55.8 Å². The quantitative estimate of drug-likeness (QED) is 0.00430. The maximum absolute atomic E-state index is 14.0. The van der Waals surface area contributed by atoms with Gasteiger partial charge in [-0.1, -0.05) is 19.4 Å². The summed E-state index contributed by atoms with van der Waals surface area (Å²) in [5.74, 6) is -9.29. The number of carbonyl (C=O) groups excluding carboxylic acids is 10. The van der Waals surface area contributed by atoms with Crippen LogP contribution >= 0.6 is 7.92 Å². The molecule has 1 aliphatic heterocycles. The molecule has 0 aliphatic carbocycles. The number of aliphatic carboxylic acids is 2. The number of nitrogens with one attached hydrogen (secondary N) is 9. The molecule has 134 heavy (non-hydrogen) atoms. The summed E-state index contributed by atoms with van der Waals surface area (Å²) in [6, 6.07) is 22.5. The minimum atomic E-state index is -2.00. The topological polar surface area (TPSA) is 839 Å². The zero-order chi connectivity index (χ0) is 100. The van der Waals surface area contributed by atoms with Gasteiger partial charge in [-0.15, -0.1) is 0 Å². The SMILES string of the molecule is CC(C)[C@H]1NC(=O)c2cc(cc(NC(=O)CCCCCNC(=O)c3ccc(N=[N+]=[Tc])nc3)c2)CNC(=O)[C@H](CC(=O)O)NC(=O)CNC(=O)[C@H](CCCN=C(N)N)N(C)C1=O.O=C(NCC(O)C(O)C(O)C(O)CO)c1ccc([PH+](c2ccc(C(=O)NCC(O)C(O)C(O)C(O)CO)cc2)c2ccc(C(=O)NCC(O)C(O)C(O)C(O)CO)cc2)cc1.O=C(O)C[N-]C(CO)(CO)CO. The fourth-order valence-electron chi connectivity index (χ4n) is 12.4. The molecule has 1 aromatic heterocycles. The third kappa shape index (κ3) is 37.9. The number of guanidine groups is 1. The van der Waals surface area contributed by atoms with Gasteiger partial charge in [0.15, 0.2) is 5.96 Å². The Kier molecular flexibility index (Phi) is 50.5. The van der Waals surface area contributed by atoms with Crippen LogP contribution in [0.4, 0.5) is 11.5 Å². The maximum Gasteiger partial charge on any atom is 0.305 e. The number of carbonyl (C=O) groups is 12. The Labute approximate surface area is 778 Å². The van der Waals surface area contributed by atoms with E-state index >= 15 is 0 Å². The van der Waals surface area contributed by atoms with E-state index in [2.05, 4.69) is 71.7 Å². The number of aromatic nitrogens is 1. The van der Waals surface area contributed by atoms with Crippen molar-refractivity contribution < 1.29 is 178 Å². The van der Waals surface area contributed by atoms with Gasteiger partial charge >= 0.3 is 110 Å². The molecule has 2 bridgehead atoms. The molecule has 4 aromatic carbocycles. The first kappa shape index (κ1) is 115. The number of aliphatic hydroxyl groups is 18. The summed E-state index contributed by atoms with van der Waals surface area (Å²) in [4.78, 5) is 163. The first-order valence-corrected chi connectivity index (χ1v) is 43.9. The summed E-state index contributed by atoms with van der Waals surface area (Å²) in [5, 5.41) is 222. The summed E-state index contributed by atoms with van der Waals surface area (Å²) >= 11 is 1.72. The number of unbranched alkanes of at least 4 members (excludes halogenated alkanes) is 2. The number of fused-ring (bicyclic) bond motifs is 2. The van der Waals surface area contributed by atoms with E-state index in [0.29, 0.717) is 58.7 Å². The molecule has 0 radical (unpaired) electrons. The third-order valence-electron chi connectivity index (χ3n) is 20.4. The van der Waals surface area contributed by atoms with Crippen LogP contribution in [0.25, 0.3) is 5.32 Å². The van der Waals surface area contributed by atoms with Crippen molar-refractivity contribution in [3.63, 3.8) is 0 Å². The number of hydrogen-bond acceptors (Lipinski definition) is 33.